The first-order valence-electron chi connectivity index (χ1n) is 10.7. The first-order chi connectivity index (χ1) is 13.0. The average Bonchev–Trinajstić information content (AvgIpc) is 3.18. The minimum Gasteiger partial charge on any atom is -0.0801 e. The standard InChI is InChI=1S/C28H34/c1-17-13-20-14-23-22(21(20)15-24(17)27(3,4)5)16-25(28(6,7)8)18(2)26(23)19-11-9-10-12-19/h9-11,13,15-16H,12,14H2,1-8H3. The number of hydrogen-bond acceptors (Lipinski definition) is 0. The monoisotopic (exact) mass is 370 g/mol. The van der Waals surface area contributed by atoms with Crippen LogP contribution in [0.25, 0.3) is 16.7 Å². The highest BCUT2D eigenvalue weighted by molar-refractivity contribution is 5.87. The van der Waals surface area contributed by atoms with Gasteiger partial charge in [0.2, 0.25) is 0 Å². The highest BCUT2D eigenvalue weighted by Crippen LogP contribution is 2.47. The highest BCUT2D eigenvalue weighted by atomic mass is 14.3. The van der Waals surface area contributed by atoms with E-state index in [1.54, 1.807) is 5.56 Å². The molecular formula is C28H34. The van der Waals surface area contributed by atoms with Crippen LogP contribution in [0.15, 0.2) is 36.4 Å². The fourth-order valence-corrected chi connectivity index (χ4v) is 5.27. The summed E-state index contributed by atoms with van der Waals surface area (Å²) in [5.41, 5.74) is 15.1. The molecule has 0 saturated heterocycles. The molecule has 2 aromatic carbocycles. The summed E-state index contributed by atoms with van der Waals surface area (Å²) >= 11 is 0. The molecule has 0 amide bonds. The van der Waals surface area contributed by atoms with Crippen molar-refractivity contribution in [2.45, 2.75) is 79.1 Å². The topological polar surface area (TPSA) is 0 Å². The number of allylic oxidation sites excluding steroid dienone is 4. The van der Waals surface area contributed by atoms with E-state index in [1.807, 2.05) is 0 Å². The zero-order valence-electron chi connectivity index (χ0n) is 18.9. The summed E-state index contributed by atoms with van der Waals surface area (Å²) in [5.74, 6) is 0. The van der Waals surface area contributed by atoms with Gasteiger partial charge in [0.05, 0.1) is 0 Å². The van der Waals surface area contributed by atoms with Crippen molar-refractivity contribution in [3.63, 3.8) is 0 Å². The molecule has 0 unspecified atom stereocenters. The van der Waals surface area contributed by atoms with Gasteiger partial charge in [-0.05, 0) is 93.2 Å². The van der Waals surface area contributed by atoms with Crippen LogP contribution in [0.5, 0.6) is 0 Å². The molecule has 2 aliphatic carbocycles. The van der Waals surface area contributed by atoms with Crippen molar-refractivity contribution in [3.05, 3.63) is 75.4 Å². The van der Waals surface area contributed by atoms with E-state index in [4.69, 9.17) is 0 Å². The maximum atomic E-state index is 2.50. The van der Waals surface area contributed by atoms with Crippen molar-refractivity contribution in [3.8, 4) is 11.1 Å². The first kappa shape index (κ1) is 19.2. The Balaban J connectivity index is 2.02. The second-order valence-electron chi connectivity index (χ2n) is 10.8. The van der Waals surface area contributed by atoms with Gasteiger partial charge in [0.25, 0.3) is 0 Å². The van der Waals surface area contributed by atoms with Gasteiger partial charge in [-0.2, -0.15) is 0 Å². The van der Waals surface area contributed by atoms with Gasteiger partial charge in [-0.15, -0.1) is 0 Å². The number of hydrogen-bond donors (Lipinski definition) is 0. The van der Waals surface area contributed by atoms with E-state index in [1.165, 1.54) is 50.1 Å². The van der Waals surface area contributed by atoms with Gasteiger partial charge in [0.1, 0.15) is 0 Å². The van der Waals surface area contributed by atoms with Gasteiger partial charge in [0.15, 0.2) is 0 Å². The lowest BCUT2D eigenvalue weighted by Gasteiger charge is -2.27. The average molecular weight is 371 g/mol. The quantitative estimate of drug-likeness (QED) is 0.409. The zero-order valence-corrected chi connectivity index (χ0v) is 18.9. The Hall–Kier alpha value is -2.08. The number of aryl methyl sites for hydroxylation is 1. The van der Waals surface area contributed by atoms with Crippen molar-refractivity contribution in [2.24, 2.45) is 0 Å². The second kappa shape index (κ2) is 6.21. The fourth-order valence-electron chi connectivity index (χ4n) is 5.27. The molecular weight excluding hydrogens is 336 g/mol. The molecule has 0 aromatic heterocycles. The summed E-state index contributed by atoms with van der Waals surface area (Å²) in [7, 11) is 0. The maximum Gasteiger partial charge on any atom is -0.000719 e. The lowest BCUT2D eigenvalue weighted by Crippen LogP contribution is -2.15. The minimum absolute atomic E-state index is 0.140. The third-order valence-corrected chi connectivity index (χ3v) is 6.51. The predicted molar refractivity (Wildman–Crippen MR) is 123 cm³/mol. The van der Waals surface area contributed by atoms with E-state index in [0.717, 1.165) is 12.8 Å². The lowest BCUT2D eigenvalue weighted by molar-refractivity contribution is 0.585. The molecule has 0 heterocycles. The Kier molecular flexibility index (Phi) is 4.27. The van der Waals surface area contributed by atoms with Crippen LogP contribution in [0.3, 0.4) is 0 Å². The molecule has 28 heavy (non-hydrogen) atoms. The number of benzene rings is 2. The first-order valence-corrected chi connectivity index (χ1v) is 10.7. The molecule has 0 heteroatoms. The van der Waals surface area contributed by atoms with Crippen LogP contribution in [-0.4, -0.2) is 0 Å². The van der Waals surface area contributed by atoms with Crippen molar-refractivity contribution in [1.82, 2.24) is 0 Å². The summed E-state index contributed by atoms with van der Waals surface area (Å²) in [5, 5.41) is 0. The fraction of sp³-hybridized carbons (Fsp3) is 0.429. The number of fused-ring (bicyclic) bond motifs is 3. The Morgan fingerprint density at radius 3 is 2.00 bits per heavy atom. The van der Waals surface area contributed by atoms with Crippen LogP contribution < -0.4 is 0 Å². The van der Waals surface area contributed by atoms with Crippen molar-refractivity contribution < 1.29 is 0 Å². The molecule has 0 fully saturated rings. The van der Waals surface area contributed by atoms with Crippen LogP contribution in [-0.2, 0) is 17.3 Å². The smallest absolute Gasteiger partial charge is 0.000719 e. The number of rotatable bonds is 1. The summed E-state index contributed by atoms with van der Waals surface area (Å²) < 4.78 is 0. The predicted octanol–water partition coefficient (Wildman–Crippen LogP) is 7.81. The van der Waals surface area contributed by atoms with Crippen molar-refractivity contribution >= 4 is 5.57 Å². The second-order valence-corrected chi connectivity index (χ2v) is 10.8. The molecule has 0 N–H and O–H groups in total. The molecule has 0 aliphatic heterocycles. The van der Waals surface area contributed by atoms with E-state index < -0.39 is 0 Å². The minimum atomic E-state index is 0.140. The molecule has 0 atom stereocenters. The molecule has 146 valence electrons. The summed E-state index contributed by atoms with van der Waals surface area (Å²) in [6.07, 6.45) is 8.95. The van der Waals surface area contributed by atoms with E-state index >= 15 is 0 Å². The van der Waals surface area contributed by atoms with Gasteiger partial charge in [-0.1, -0.05) is 78.0 Å². The molecule has 4 rings (SSSR count). The molecule has 2 aromatic rings. The third-order valence-electron chi connectivity index (χ3n) is 6.51. The summed E-state index contributed by atoms with van der Waals surface area (Å²) in [6.45, 7) is 18.6. The van der Waals surface area contributed by atoms with Gasteiger partial charge >= 0.3 is 0 Å². The third kappa shape index (κ3) is 2.98. The van der Waals surface area contributed by atoms with E-state index in [2.05, 4.69) is 91.8 Å². The summed E-state index contributed by atoms with van der Waals surface area (Å²) in [6, 6.07) is 7.45. The van der Waals surface area contributed by atoms with Gasteiger partial charge in [0, 0.05) is 0 Å². The maximum absolute atomic E-state index is 2.50. The normalized spacial score (nSPS) is 15.6. The molecule has 0 radical (unpaired) electrons. The van der Waals surface area contributed by atoms with Gasteiger partial charge in [-0.25, -0.2) is 0 Å². The highest BCUT2D eigenvalue weighted by Gasteiger charge is 2.30. The summed E-state index contributed by atoms with van der Waals surface area (Å²) in [4.78, 5) is 0. The van der Waals surface area contributed by atoms with Gasteiger partial charge < -0.3 is 0 Å². The van der Waals surface area contributed by atoms with E-state index in [9.17, 15) is 0 Å². The zero-order chi connectivity index (χ0) is 20.4. The Morgan fingerprint density at radius 1 is 0.786 bits per heavy atom. The van der Waals surface area contributed by atoms with Crippen molar-refractivity contribution in [2.75, 3.05) is 0 Å². The Morgan fingerprint density at radius 2 is 1.43 bits per heavy atom. The van der Waals surface area contributed by atoms with Gasteiger partial charge in [-0.3, -0.25) is 0 Å². The van der Waals surface area contributed by atoms with Crippen LogP contribution in [0.4, 0.5) is 0 Å². The Labute approximate surface area is 171 Å². The van der Waals surface area contributed by atoms with Crippen LogP contribution in [0, 0.1) is 13.8 Å². The molecule has 0 bridgehead atoms. The molecule has 0 saturated carbocycles. The van der Waals surface area contributed by atoms with Crippen LogP contribution in [0.1, 0.15) is 86.9 Å². The van der Waals surface area contributed by atoms with Crippen LogP contribution in [0.2, 0.25) is 0 Å². The molecule has 2 aliphatic rings. The SMILES string of the molecule is Cc1cc2c(cc1C(C)(C)C)-c1cc(C(C)(C)C)c(C)c(C3=CC=CC3)c1C2. The lowest BCUT2D eigenvalue weighted by atomic mass is 9.77. The largest absolute Gasteiger partial charge is 0.0801 e. The van der Waals surface area contributed by atoms with E-state index in [0.29, 0.717) is 0 Å². The van der Waals surface area contributed by atoms with Crippen LogP contribution >= 0.6 is 0 Å². The molecule has 0 nitrogen and oxygen atoms in total. The van der Waals surface area contributed by atoms with Crippen molar-refractivity contribution in [1.29, 1.82) is 0 Å². The Bertz CT molecular complexity index is 1030. The molecule has 0 spiro atoms. The van der Waals surface area contributed by atoms with E-state index in [-0.39, 0.29) is 10.8 Å².